The van der Waals surface area contributed by atoms with Crippen LogP contribution < -0.4 is 11.1 Å². The fraction of sp³-hybridized carbons (Fsp3) is 0.667. The van der Waals surface area contributed by atoms with Gasteiger partial charge in [-0.2, -0.15) is 13.2 Å². The number of nitrogens with two attached hydrogens (primary N) is 1. The molecular weight excluding hydrogens is 223 g/mol. The van der Waals surface area contributed by atoms with Crippen LogP contribution in [0, 0.1) is 5.92 Å². The molecule has 0 spiro atoms. The summed E-state index contributed by atoms with van der Waals surface area (Å²) in [5.74, 6) is -2.81. The van der Waals surface area contributed by atoms with Crippen molar-refractivity contribution in [2.75, 3.05) is 13.1 Å². The summed E-state index contributed by atoms with van der Waals surface area (Å²) < 4.78 is 37.2. The fourth-order valence-corrected chi connectivity index (χ4v) is 0.962. The molecule has 0 fully saturated rings. The van der Waals surface area contributed by atoms with Gasteiger partial charge < -0.3 is 16.3 Å². The SMILES string of the molecule is CC(C)=CCNCC(C(N)=NO)C(F)(F)F. The van der Waals surface area contributed by atoms with Crippen molar-refractivity contribution < 1.29 is 18.4 Å². The first kappa shape index (κ1) is 14.8. The maximum Gasteiger partial charge on any atom is 0.400 e. The Morgan fingerprint density at radius 3 is 2.44 bits per heavy atom. The van der Waals surface area contributed by atoms with Gasteiger partial charge in [0.15, 0.2) is 5.84 Å². The molecule has 0 aromatic heterocycles. The van der Waals surface area contributed by atoms with E-state index >= 15 is 0 Å². The highest BCUT2D eigenvalue weighted by atomic mass is 19.4. The van der Waals surface area contributed by atoms with Crippen LogP contribution in [0.5, 0.6) is 0 Å². The molecule has 16 heavy (non-hydrogen) atoms. The minimum atomic E-state index is -4.52. The van der Waals surface area contributed by atoms with E-state index in [2.05, 4.69) is 10.5 Å². The van der Waals surface area contributed by atoms with Crippen molar-refractivity contribution in [2.45, 2.75) is 20.0 Å². The summed E-state index contributed by atoms with van der Waals surface area (Å²) in [5.41, 5.74) is 5.97. The zero-order valence-corrected chi connectivity index (χ0v) is 9.17. The molecule has 0 bridgehead atoms. The van der Waals surface area contributed by atoms with Crippen LogP contribution >= 0.6 is 0 Å². The highest BCUT2D eigenvalue weighted by molar-refractivity contribution is 5.83. The maximum atomic E-state index is 12.4. The van der Waals surface area contributed by atoms with Gasteiger partial charge in [-0.05, 0) is 13.8 Å². The van der Waals surface area contributed by atoms with Crippen molar-refractivity contribution in [2.24, 2.45) is 16.8 Å². The molecule has 0 saturated carbocycles. The van der Waals surface area contributed by atoms with Crippen molar-refractivity contribution in [3.63, 3.8) is 0 Å². The normalized spacial score (nSPS) is 14.7. The quantitative estimate of drug-likeness (QED) is 0.170. The first-order valence-corrected chi connectivity index (χ1v) is 4.67. The molecule has 4 nitrogen and oxygen atoms in total. The van der Waals surface area contributed by atoms with E-state index in [9.17, 15) is 13.2 Å². The summed E-state index contributed by atoms with van der Waals surface area (Å²) >= 11 is 0. The number of hydrogen-bond acceptors (Lipinski definition) is 3. The molecule has 0 rings (SSSR count). The topological polar surface area (TPSA) is 70.6 Å². The van der Waals surface area contributed by atoms with Gasteiger partial charge >= 0.3 is 6.18 Å². The van der Waals surface area contributed by atoms with Crippen molar-refractivity contribution >= 4 is 5.84 Å². The number of nitrogens with zero attached hydrogens (tertiary/aromatic N) is 1. The molecule has 94 valence electrons. The van der Waals surface area contributed by atoms with Gasteiger partial charge in [-0.1, -0.05) is 16.8 Å². The standard InChI is InChI=1S/C9H16F3N3O/c1-6(2)3-4-14-5-7(8(13)15-16)9(10,11)12/h3,7,14,16H,4-5H2,1-2H3,(H2,13,15). The predicted molar refractivity (Wildman–Crippen MR) is 55.3 cm³/mol. The van der Waals surface area contributed by atoms with Gasteiger partial charge in [-0.3, -0.25) is 0 Å². The van der Waals surface area contributed by atoms with Crippen LogP contribution in [0.2, 0.25) is 0 Å². The second kappa shape index (κ2) is 6.37. The Kier molecular flexibility index (Phi) is 5.87. The van der Waals surface area contributed by atoms with Crippen LogP contribution in [-0.2, 0) is 0 Å². The second-order valence-corrected chi connectivity index (χ2v) is 3.56. The van der Waals surface area contributed by atoms with Gasteiger partial charge in [0.05, 0.1) is 0 Å². The van der Waals surface area contributed by atoms with E-state index in [0.717, 1.165) is 5.57 Å². The van der Waals surface area contributed by atoms with Gasteiger partial charge in [0, 0.05) is 13.1 Å². The van der Waals surface area contributed by atoms with Crippen LogP contribution in [0.25, 0.3) is 0 Å². The lowest BCUT2D eigenvalue weighted by molar-refractivity contribution is -0.154. The van der Waals surface area contributed by atoms with E-state index < -0.39 is 24.5 Å². The average molecular weight is 239 g/mol. The Bertz CT molecular complexity index is 270. The van der Waals surface area contributed by atoms with Crippen molar-refractivity contribution in [3.05, 3.63) is 11.6 Å². The van der Waals surface area contributed by atoms with Gasteiger partial charge in [0.1, 0.15) is 5.92 Å². The Hall–Kier alpha value is -1.24. The average Bonchev–Trinajstić information content (AvgIpc) is 2.14. The molecule has 0 aliphatic rings. The van der Waals surface area contributed by atoms with Crippen LogP contribution in [-0.4, -0.2) is 30.3 Å². The van der Waals surface area contributed by atoms with Crippen molar-refractivity contribution in [1.82, 2.24) is 5.32 Å². The second-order valence-electron chi connectivity index (χ2n) is 3.56. The number of oxime groups is 1. The Morgan fingerprint density at radius 2 is 2.06 bits per heavy atom. The Morgan fingerprint density at radius 1 is 1.50 bits per heavy atom. The lowest BCUT2D eigenvalue weighted by Gasteiger charge is -2.18. The van der Waals surface area contributed by atoms with Crippen molar-refractivity contribution in [1.29, 1.82) is 0 Å². The first-order chi connectivity index (χ1) is 7.29. The molecule has 0 amide bonds. The summed E-state index contributed by atoms with van der Waals surface area (Å²) in [6, 6.07) is 0. The zero-order valence-electron chi connectivity index (χ0n) is 9.17. The zero-order chi connectivity index (χ0) is 12.8. The van der Waals surface area contributed by atoms with Gasteiger partial charge in [-0.25, -0.2) is 0 Å². The van der Waals surface area contributed by atoms with Crippen LogP contribution in [0.4, 0.5) is 13.2 Å². The molecule has 1 atom stereocenters. The lowest BCUT2D eigenvalue weighted by atomic mass is 10.1. The third kappa shape index (κ3) is 5.59. The summed E-state index contributed by atoms with van der Waals surface area (Å²) in [6.07, 6.45) is -2.77. The molecular formula is C9H16F3N3O. The van der Waals surface area contributed by atoms with Gasteiger partial charge in [0.2, 0.25) is 0 Å². The summed E-state index contributed by atoms with van der Waals surface area (Å²) in [5, 5.41) is 13.2. The Labute approximate surface area is 92.0 Å². The Balaban J connectivity index is 4.31. The van der Waals surface area contributed by atoms with E-state index in [4.69, 9.17) is 10.9 Å². The number of rotatable bonds is 5. The molecule has 0 heterocycles. The summed E-state index contributed by atoms with van der Waals surface area (Å²) in [4.78, 5) is 0. The number of allylic oxidation sites excluding steroid dienone is 1. The monoisotopic (exact) mass is 239 g/mol. The van der Waals surface area contributed by atoms with E-state index in [1.807, 2.05) is 13.8 Å². The number of halogens is 3. The third-order valence-electron chi connectivity index (χ3n) is 1.87. The molecule has 4 N–H and O–H groups in total. The molecule has 0 aromatic carbocycles. The molecule has 1 unspecified atom stereocenters. The van der Waals surface area contributed by atoms with E-state index in [1.165, 1.54) is 0 Å². The number of nitrogens with one attached hydrogen (secondary N) is 1. The number of amidine groups is 1. The summed E-state index contributed by atoms with van der Waals surface area (Å²) in [6.45, 7) is 3.58. The fourth-order valence-electron chi connectivity index (χ4n) is 0.962. The molecule has 0 radical (unpaired) electrons. The van der Waals surface area contributed by atoms with E-state index in [1.54, 1.807) is 6.08 Å². The summed E-state index contributed by atoms with van der Waals surface area (Å²) in [7, 11) is 0. The molecule has 0 aromatic rings. The minimum absolute atomic E-state index is 0.313. The lowest BCUT2D eigenvalue weighted by Crippen LogP contribution is -2.42. The van der Waals surface area contributed by atoms with Gasteiger partial charge in [-0.15, -0.1) is 0 Å². The van der Waals surface area contributed by atoms with Crippen LogP contribution in [0.3, 0.4) is 0 Å². The van der Waals surface area contributed by atoms with E-state index in [-0.39, 0.29) is 0 Å². The highest BCUT2D eigenvalue weighted by Gasteiger charge is 2.42. The maximum absolute atomic E-state index is 12.4. The van der Waals surface area contributed by atoms with Crippen molar-refractivity contribution in [3.8, 4) is 0 Å². The smallest absolute Gasteiger partial charge is 0.400 e. The van der Waals surface area contributed by atoms with E-state index in [0.29, 0.717) is 6.54 Å². The van der Waals surface area contributed by atoms with Gasteiger partial charge in [0.25, 0.3) is 0 Å². The highest BCUT2D eigenvalue weighted by Crippen LogP contribution is 2.25. The molecule has 0 aliphatic heterocycles. The number of alkyl halides is 3. The third-order valence-corrected chi connectivity index (χ3v) is 1.87. The minimum Gasteiger partial charge on any atom is -0.409 e. The number of hydrogen-bond donors (Lipinski definition) is 3. The first-order valence-electron chi connectivity index (χ1n) is 4.67. The largest absolute Gasteiger partial charge is 0.409 e. The predicted octanol–water partition coefficient (Wildman–Crippen LogP) is 1.47. The van der Waals surface area contributed by atoms with Crippen LogP contribution in [0.15, 0.2) is 16.8 Å². The molecule has 7 heteroatoms. The van der Waals surface area contributed by atoms with Crippen LogP contribution in [0.1, 0.15) is 13.8 Å². The molecule has 0 aliphatic carbocycles. The molecule has 0 saturated heterocycles.